The van der Waals surface area contributed by atoms with Gasteiger partial charge in [-0.15, -0.1) is 5.10 Å². The lowest BCUT2D eigenvalue weighted by Crippen LogP contribution is -2.50. The number of aromatic nitrogens is 4. The predicted molar refractivity (Wildman–Crippen MR) is 126 cm³/mol. The molecule has 0 radical (unpaired) electrons. The fourth-order valence-electron chi connectivity index (χ4n) is 4.36. The minimum atomic E-state index is -0.317. The van der Waals surface area contributed by atoms with Gasteiger partial charge in [0.2, 0.25) is 0 Å². The van der Waals surface area contributed by atoms with Crippen LogP contribution in [0.25, 0.3) is 5.69 Å². The van der Waals surface area contributed by atoms with Crippen LogP contribution in [-0.4, -0.2) is 62.1 Å². The van der Waals surface area contributed by atoms with E-state index in [-0.39, 0.29) is 23.6 Å². The third kappa shape index (κ3) is 4.91. The number of hydrogen-bond acceptors (Lipinski definition) is 5. The van der Waals surface area contributed by atoms with Crippen LogP contribution >= 0.6 is 11.6 Å². The molecule has 0 N–H and O–H groups in total. The SMILES string of the molecule is O=C(c1cc(-n2cnnn2)ccc1Cl)N1CCN(C(c2ccc(F)cc2)c2ccc(F)cc2)CC1. The van der Waals surface area contributed by atoms with Crippen molar-refractivity contribution in [3.05, 3.63) is 106 Å². The standard InChI is InChI=1S/C25H21ClF2N6O/c26-23-10-9-21(34-16-29-30-31-34)15-22(23)25(35)33-13-11-32(12-14-33)24(17-1-5-19(27)6-2-17)18-3-7-20(28)8-4-18/h1-10,15-16,24H,11-14H2. The summed E-state index contributed by atoms with van der Waals surface area (Å²) in [6.07, 6.45) is 1.45. The Bertz CT molecular complexity index is 1260. The smallest absolute Gasteiger partial charge is 0.255 e. The van der Waals surface area contributed by atoms with Gasteiger partial charge in [-0.3, -0.25) is 9.69 Å². The Kier molecular flexibility index (Phi) is 6.52. The van der Waals surface area contributed by atoms with Gasteiger partial charge < -0.3 is 4.90 Å². The molecule has 0 aliphatic carbocycles. The molecule has 1 fully saturated rings. The summed E-state index contributed by atoms with van der Waals surface area (Å²) in [6, 6.07) is 17.5. The van der Waals surface area contributed by atoms with Crippen molar-refractivity contribution in [2.24, 2.45) is 0 Å². The van der Waals surface area contributed by atoms with Crippen molar-refractivity contribution in [2.45, 2.75) is 6.04 Å². The zero-order valence-electron chi connectivity index (χ0n) is 18.6. The zero-order valence-corrected chi connectivity index (χ0v) is 19.3. The van der Waals surface area contributed by atoms with Gasteiger partial charge in [-0.05, 0) is 64.0 Å². The number of hydrogen-bond donors (Lipinski definition) is 0. The van der Waals surface area contributed by atoms with Crippen molar-refractivity contribution in [2.75, 3.05) is 26.2 Å². The van der Waals surface area contributed by atoms with Gasteiger partial charge in [0.15, 0.2) is 0 Å². The third-order valence-corrected chi connectivity index (χ3v) is 6.46. The van der Waals surface area contributed by atoms with Gasteiger partial charge in [-0.25, -0.2) is 13.5 Å². The average Bonchev–Trinajstić information content (AvgIpc) is 3.42. The zero-order chi connectivity index (χ0) is 24.4. The second-order valence-corrected chi connectivity index (χ2v) is 8.66. The highest BCUT2D eigenvalue weighted by Crippen LogP contribution is 2.31. The monoisotopic (exact) mass is 494 g/mol. The normalized spacial score (nSPS) is 14.5. The number of nitrogens with zero attached hydrogens (tertiary/aromatic N) is 6. The van der Waals surface area contributed by atoms with Crippen molar-refractivity contribution in [1.82, 2.24) is 30.0 Å². The van der Waals surface area contributed by atoms with Crippen LogP contribution in [0.15, 0.2) is 73.1 Å². The summed E-state index contributed by atoms with van der Waals surface area (Å²) in [5.74, 6) is -0.810. The number of rotatable bonds is 5. The minimum Gasteiger partial charge on any atom is -0.336 e. The van der Waals surface area contributed by atoms with Crippen molar-refractivity contribution < 1.29 is 13.6 Å². The van der Waals surface area contributed by atoms with Crippen molar-refractivity contribution >= 4 is 17.5 Å². The summed E-state index contributed by atoms with van der Waals surface area (Å²) >= 11 is 6.36. The van der Waals surface area contributed by atoms with Gasteiger partial charge in [0.05, 0.1) is 22.3 Å². The van der Waals surface area contributed by atoms with Crippen LogP contribution < -0.4 is 0 Å². The molecule has 1 aromatic heterocycles. The Morgan fingerprint density at radius 1 is 0.857 bits per heavy atom. The van der Waals surface area contributed by atoms with E-state index in [4.69, 9.17) is 11.6 Å². The van der Waals surface area contributed by atoms with Gasteiger partial charge in [0.25, 0.3) is 5.91 Å². The highest BCUT2D eigenvalue weighted by Gasteiger charge is 2.29. The maximum absolute atomic E-state index is 13.6. The van der Waals surface area contributed by atoms with Crippen LogP contribution in [-0.2, 0) is 0 Å². The number of tetrazole rings is 1. The van der Waals surface area contributed by atoms with Crippen LogP contribution in [0.1, 0.15) is 27.5 Å². The van der Waals surface area contributed by atoms with E-state index >= 15 is 0 Å². The lowest BCUT2D eigenvalue weighted by Gasteiger charge is -2.40. The molecule has 0 atom stereocenters. The first-order chi connectivity index (χ1) is 17.0. The van der Waals surface area contributed by atoms with Crippen LogP contribution in [0, 0.1) is 11.6 Å². The van der Waals surface area contributed by atoms with Gasteiger partial charge in [0, 0.05) is 26.2 Å². The van der Waals surface area contributed by atoms with E-state index in [1.54, 1.807) is 47.4 Å². The van der Waals surface area contributed by atoms with Gasteiger partial charge in [-0.1, -0.05) is 35.9 Å². The summed E-state index contributed by atoms with van der Waals surface area (Å²) in [5, 5.41) is 11.5. The first-order valence-electron chi connectivity index (χ1n) is 11.1. The molecule has 10 heteroatoms. The Hall–Kier alpha value is -3.69. The third-order valence-electron chi connectivity index (χ3n) is 6.13. The van der Waals surface area contributed by atoms with Crippen LogP contribution in [0.2, 0.25) is 5.02 Å². The molecule has 5 rings (SSSR count). The Balaban J connectivity index is 1.35. The number of carbonyl (C=O) groups is 1. The highest BCUT2D eigenvalue weighted by atomic mass is 35.5. The average molecular weight is 495 g/mol. The fraction of sp³-hybridized carbons (Fsp3) is 0.200. The van der Waals surface area contributed by atoms with Crippen molar-refractivity contribution in [3.8, 4) is 5.69 Å². The van der Waals surface area contributed by atoms with Crippen LogP contribution in [0.4, 0.5) is 8.78 Å². The van der Waals surface area contributed by atoms with Gasteiger partial charge in [0.1, 0.15) is 18.0 Å². The molecule has 2 heterocycles. The molecule has 3 aromatic carbocycles. The lowest BCUT2D eigenvalue weighted by atomic mass is 9.96. The van der Waals surface area contributed by atoms with Crippen molar-refractivity contribution in [1.29, 1.82) is 0 Å². The molecule has 1 saturated heterocycles. The molecule has 1 aliphatic heterocycles. The van der Waals surface area contributed by atoms with Crippen molar-refractivity contribution in [3.63, 3.8) is 0 Å². The molecule has 0 spiro atoms. The van der Waals surface area contributed by atoms with E-state index in [9.17, 15) is 13.6 Å². The first-order valence-corrected chi connectivity index (χ1v) is 11.4. The number of piperazine rings is 1. The summed E-state index contributed by atoms with van der Waals surface area (Å²) in [7, 11) is 0. The molecule has 35 heavy (non-hydrogen) atoms. The molecule has 0 unspecified atom stereocenters. The fourth-order valence-corrected chi connectivity index (χ4v) is 4.56. The summed E-state index contributed by atoms with van der Waals surface area (Å²) in [6.45, 7) is 2.11. The quantitative estimate of drug-likeness (QED) is 0.417. The predicted octanol–water partition coefficient (Wildman–Crippen LogP) is 4.14. The van der Waals surface area contributed by atoms with E-state index in [1.807, 2.05) is 0 Å². The van der Waals surface area contributed by atoms with E-state index in [1.165, 1.54) is 35.3 Å². The van der Waals surface area contributed by atoms with E-state index in [2.05, 4.69) is 20.4 Å². The maximum Gasteiger partial charge on any atom is 0.255 e. The molecule has 1 amide bonds. The Morgan fingerprint density at radius 2 is 1.46 bits per heavy atom. The molecular weight excluding hydrogens is 474 g/mol. The van der Waals surface area contributed by atoms with E-state index in [0.717, 1.165) is 11.1 Å². The summed E-state index contributed by atoms with van der Waals surface area (Å²) < 4.78 is 28.6. The molecular formula is C25H21ClF2N6O. The summed E-state index contributed by atoms with van der Waals surface area (Å²) in [5.41, 5.74) is 2.81. The Morgan fingerprint density at radius 3 is 2.00 bits per heavy atom. The number of halogens is 3. The van der Waals surface area contributed by atoms with E-state index < -0.39 is 0 Å². The van der Waals surface area contributed by atoms with E-state index in [0.29, 0.717) is 42.5 Å². The second kappa shape index (κ2) is 9.89. The number of amides is 1. The molecule has 7 nitrogen and oxygen atoms in total. The first kappa shape index (κ1) is 23.1. The number of carbonyl (C=O) groups excluding carboxylic acids is 1. The van der Waals surface area contributed by atoms with Crippen LogP contribution in [0.5, 0.6) is 0 Å². The molecule has 178 valence electrons. The van der Waals surface area contributed by atoms with Crippen LogP contribution in [0.3, 0.4) is 0 Å². The topological polar surface area (TPSA) is 67.2 Å². The highest BCUT2D eigenvalue weighted by molar-refractivity contribution is 6.33. The second-order valence-electron chi connectivity index (χ2n) is 8.25. The molecule has 0 bridgehead atoms. The lowest BCUT2D eigenvalue weighted by molar-refractivity contribution is 0.0597. The molecule has 4 aromatic rings. The van der Waals surface area contributed by atoms with Gasteiger partial charge in [-0.2, -0.15) is 0 Å². The summed E-state index contributed by atoms with van der Waals surface area (Å²) in [4.78, 5) is 17.3. The molecule has 0 saturated carbocycles. The van der Waals surface area contributed by atoms with Gasteiger partial charge >= 0.3 is 0 Å². The largest absolute Gasteiger partial charge is 0.336 e. The minimum absolute atomic E-state index is 0.176. The Labute approximate surface area is 205 Å². The number of benzene rings is 3. The maximum atomic E-state index is 13.6. The molecule has 1 aliphatic rings.